The van der Waals surface area contributed by atoms with Crippen LogP contribution in [0.2, 0.25) is 0 Å². The Labute approximate surface area is 90.4 Å². The van der Waals surface area contributed by atoms with Crippen LogP contribution in [0.4, 0.5) is 0 Å². The first kappa shape index (κ1) is 10.8. The molecule has 0 saturated carbocycles. The lowest BCUT2D eigenvalue weighted by Gasteiger charge is -2.14. The molecular weight excluding hydrogens is 212 g/mol. The number of H-pyrrole nitrogens is 1. The van der Waals surface area contributed by atoms with Crippen molar-refractivity contribution in [3.8, 4) is 0 Å². The van der Waals surface area contributed by atoms with Crippen LogP contribution in [0.1, 0.15) is 12.5 Å². The van der Waals surface area contributed by atoms with E-state index in [0.29, 0.717) is 12.1 Å². The normalized spacial score (nSPS) is 13.1. The molecule has 3 N–H and O–H groups in total. The van der Waals surface area contributed by atoms with Gasteiger partial charge in [0.05, 0.1) is 25.3 Å². The number of imidazole rings is 1. The first-order valence-electron chi connectivity index (χ1n) is 4.90. The van der Waals surface area contributed by atoms with E-state index in [-0.39, 0.29) is 30.3 Å². The third-order valence-electron chi connectivity index (χ3n) is 2.43. The summed E-state index contributed by atoms with van der Waals surface area (Å²) in [4.78, 5) is 21.7. The number of aromatic nitrogens is 4. The molecule has 7 nitrogen and oxygen atoms in total. The quantitative estimate of drug-likeness (QED) is 0.620. The molecule has 0 aliphatic rings. The van der Waals surface area contributed by atoms with Crippen molar-refractivity contribution in [3.63, 3.8) is 0 Å². The van der Waals surface area contributed by atoms with E-state index in [1.165, 1.54) is 12.7 Å². The molecule has 0 spiro atoms. The molecule has 1 atom stereocenters. The number of nitrogens with zero attached hydrogens (tertiary/aromatic N) is 3. The van der Waals surface area contributed by atoms with Crippen molar-refractivity contribution in [2.24, 2.45) is 0 Å². The molecule has 0 aliphatic heterocycles. The Hall–Kier alpha value is -1.73. The van der Waals surface area contributed by atoms with E-state index in [1.54, 1.807) is 4.57 Å². The minimum absolute atomic E-state index is 0.0475. The summed E-state index contributed by atoms with van der Waals surface area (Å²) in [7, 11) is 0. The van der Waals surface area contributed by atoms with Gasteiger partial charge in [-0.1, -0.05) is 0 Å². The average molecular weight is 224 g/mol. The van der Waals surface area contributed by atoms with Crippen LogP contribution in [0, 0.1) is 0 Å². The van der Waals surface area contributed by atoms with E-state index in [4.69, 9.17) is 5.11 Å². The summed E-state index contributed by atoms with van der Waals surface area (Å²) in [5.74, 6) is 0. The average Bonchev–Trinajstić information content (AvgIpc) is 2.71. The van der Waals surface area contributed by atoms with Gasteiger partial charge in [-0.3, -0.25) is 4.79 Å². The van der Waals surface area contributed by atoms with Gasteiger partial charge in [0.2, 0.25) is 0 Å². The first-order valence-corrected chi connectivity index (χ1v) is 4.90. The van der Waals surface area contributed by atoms with Gasteiger partial charge in [0.25, 0.3) is 5.56 Å². The number of nitrogens with one attached hydrogen (secondary N) is 1. The van der Waals surface area contributed by atoms with Gasteiger partial charge in [-0.15, -0.1) is 0 Å². The fourth-order valence-corrected chi connectivity index (χ4v) is 1.60. The highest BCUT2D eigenvalue weighted by atomic mass is 16.3. The molecule has 7 heteroatoms. The first-order chi connectivity index (χ1) is 7.77. The second-order valence-electron chi connectivity index (χ2n) is 3.40. The molecule has 0 amide bonds. The van der Waals surface area contributed by atoms with Gasteiger partial charge in [0.15, 0.2) is 11.2 Å². The van der Waals surface area contributed by atoms with Crippen molar-refractivity contribution in [3.05, 3.63) is 23.0 Å². The summed E-state index contributed by atoms with van der Waals surface area (Å²) in [6.45, 7) is -0.186. The van der Waals surface area contributed by atoms with E-state index in [9.17, 15) is 9.90 Å². The van der Waals surface area contributed by atoms with Crippen molar-refractivity contribution in [1.82, 2.24) is 19.5 Å². The zero-order chi connectivity index (χ0) is 11.5. The van der Waals surface area contributed by atoms with Gasteiger partial charge in [-0.2, -0.15) is 0 Å². The Morgan fingerprint density at radius 2 is 2.25 bits per heavy atom. The Morgan fingerprint density at radius 3 is 2.94 bits per heavy atom. The number of hydrogen-bond acceptors (Lipinski definition) is 5. The molecule has 2 heterocycles. The van der Waals surface area contributed by atoms with Gasteiger partial charge in [0.1, 0.15) is 0 Å². The van der Waals surface area contributed by atoms with Gasteiger partial charge < -0.3 is 19.8 Å². The van der Waals surface area contributed by atoms with Gasteiger partial charge >= 0.3 is 0 Å². The molecule has 0 saturated heterocycles. The highest BCUT2D eigenvalue weighted by Gasteiger charge is 2.14. The van der Waals surface area contributed by atoms with E-state index < -0.39 is 0 Å². The van der Waals surface area contributed by atoms with Crippen molar-refractivity contribution in [2.45, 2.75) is 12.5 Å². The zero-order valence-electron chi connectivity index (χ0n) is 8.50. The molecule has 0 fully saturated rings. The van der Waals surface area contributed by atoms with E-state index in [2.05, 4.69) is 15.0 Å². The maximum absolute atomic E-state index is 11.4. The third kappa shape index (κ3) is 1.70. The molecule has 2 aromatic rings. The monoisotopic (exact) mass is 224 g/mol. The zero-order valence-corrected chi connectivity index (χ0v) is 8.50. The van der Waals surface area contributed by atoms with Gasteiger partial charge in [-0.05, 0) is 6.42 Å². The fraction of sp³-hybridized carbons (Fsp3) is 0.444. The molecule has 16 heavy (non-hydrogen) atoms. The van der Waals surface area contributed by atoms with E-state index >= 15 is 0 Å². The molecule has 0 aromatic carbocycles. The van der Waals surface area contributed by atoms with Crippen molar-refractivity contribution < 1.29 is 10.2 Å². The topological polar surface area (TPSA) is 104 Å². The highest BCUT2D eigenvalue weighted by Crippen LogP contribution is 2.15. The second-order valence-corrected chi connectivity index (χ2v) is 3.40. The van der Waals surface area contributed by atoms with Crippen LogP contribution < -0.4 is 5.56 Å². The van der Waals surface area contributed by atoms with Crippen LogP contribution in [0.3, 0.4) is 0 Å². The highest BCUT2D eigenvalue weighted by molar-refractivity contribution is 5.68. The molecule has 0 radical (unpaired) electrons. The number of aromatic amines is 1. The third-order valence-corrected chi connectivity index (χ3v) is 2.43. The maximum atomic E-state index is 11.4. The minimum atomic E-state index is -0.315. The molecular formula is C9H12N4O3. The minimum Gasteiger partial charge on any atom is -0.396 e. The Balaban J connectivity index is 2.52. The van der Waals surface area contributed by atoms with Crippen LogP contribution >= 0.6 is 0 Å². The Kier molecular flexibility index (Phi) is 2.97. The smallest absolute Gasteiger partial charge is 0.278 e. The van der Waals surface area contributed by atoms with E-state index in [1.807, 2.05) is 0 Å². The lowest BCUT2D eigenvalue weighted by atomic mass is 10.2. The van der Waals surface area contributed by atoms with Crippen LogP contribution in [0.5, 0.6) is 0 Å². The lowest BCUT2D eigenvalue weighted by molar-refractivity contribution is 0.188. The molecule has 0 aliphatic carbocycles. The van der Waals surface area contributed by atoms with Crippen molar-refractivity contribution in [2.75, 3.05) is 13.2 Å². The van der Waals surface area contributed by atoms with Crippen molar-refractivity contribution >= 4 is 11.2 Å². The number of rotatable bonds is 4. The summed E-state index contributed by atoms with van der Waals surface area (Å²) in [5, 5.41) is 18.0. The van der Waals surface area contributed by atoms with Crippen LogP contribution in [0.25, 0.3) is 11.2 Å². The summed E-state index contributed by atoms with van der Waals surface area (Å²) < 4.78 is 1.60. The number of hydrogen-bond donors (Lipinski definition) is 3. The van der Waals surface area contributed by atoms with Gasteiger partial charge in [-0.25, -0.2) is 9.97 Å². The summed E-state index contributed by atoms with van der Waals surface area (Å²) in [6.07, 6.45) is 3.12. The molecule has 1 unspecified atom stereocenters. The molecule has 0 bridgehead atoms. The summed E-state index contributed by atoms with van der Waals surface area (Å²) in [5.41, 5.74) is 0.333. The SMILES string of the molecule is O=c1[nH]cnc2c1ncn2C(CO)CCO. The van der Waals surface area contributed by atoms with Gasteiger partial charge in [0, 0.05) is 6.61 Å². The van der Waals surface area contributed by atoms with Crippen LogP contribution in [0.15, 0.2) is 17.4 Å². The molecule has 2 aromatic heterocycles. The number of aliphatic hydroxyl groups excluding tert-OH is 2. The second kappa shape index (κ2) is 4.42. The Morgan fingerprint density at radius 1 is 1.44 bits per heavy atom. The summed E-state index contributed by atoms with van der Waals surface area (Å²) in [6, 6.07) is -0.315. The standard InChI is InChI=1S/C9H12N4O3/c14-2-1-6(3-15)13-5-12-7-8(13)10-4-11-9(7)16/h4-6,14-15H,1-3H2,(H,10,11,16). The summed E-state index contributed by atoms with van der Waals surface area (Å²) >= 11 is 0. The van der Waals surface area contributed by atoms with Crippen LogP contribution in [-0.2, 0) is 0 Å². The molecule has 2 rings (SSSR count). The molecule has 86 valence electrons. The largest absolute Gasteiger partial charge is 0.396 e. The fourth-order valence-electron chi connectivity index (χ4n) is 1.60. The number of fused-ring (bicyclic) bond motifs is 1. The van der Waals surface area contributed by atoms with Crippen molar-refractivity contribution in [1.29, 1.82) is 0 Å². The number of aliphatic hydroxyl groups is 2. The Bertz CT molecular complexity index is 533. The van der Waals surface area contributed by atoms with E-state index in [0.717, 1.165) is 0 Å². The van der Waals surface area contributed by atoms with Crippen LogP contribution in [-0.4, -0.2) is 42.9 Å². The lowest BCUT2D eigenvalue weighted by Crippen LogP contribution is -2.15. The maximum Gasteiger partial charge on any atom is 0.278 e. The predicted molar refractivity (Wildman–Crippen MR) is 56.0 cm³/mol. The predicted octanol–water partition coefficient (Wildman–Crippen LogP) is -0.965.